The maximum absolute atomic E-state index is 12.2. The van der Waals surface area contributed by atoms with Crippen LogP contribution in [0.25, 0.3) is 0 Å². The van der Waals surface area contributed by atoms with Crippen LogP contribution in [0.15, 0.2) is 27.8 Å². The molecule has 0 saturated carbocycles. The van der Waals surface area contributed by atoms with Crippen LogP contribution in [0.3, 0.4) is 0 Å². The van der Waals surface area contributed by atoms with E-state index in [1.165, 1.54) is 11.1 Å². The Bertz CT molecular complexity index is 828. The number of benzene rings is 1. The van der Waals surface area contributed by atoms with Gasteiger partial charge in [0.2, 0.25) is 0 Å². The second kappa shape index (κ2) is 6.16. The highest BCUT2D eigenvalue weighted by Gasteiger charge is 2.30. The van der Waals surface area contributed by atoms with E-state index in [4.69, 9.17) is 4.74 Å². The molecule has 0 spiro atoms. The Morgan fingerprint density at radius 1 is 1.22 bits per heavy atom. The van der Waals surface area contributed by atoms with E-state index in [0.717, 1.165) is 17.7 Å². The molecule has 0 saturated heterocycles. The zero-order valence-corrected chi connectivity index (χ0v) is 13.8. The molecule has 0 fully saturated rings. The number of aromatic nitrogens is 2. The summed E-state index contributed by atoms with van der Waals surface area (Å²) in [7, 11) is 0. The fourth-order valence-electron chi connectivity index (χ4n) is 3.54. The standard InChI is InChI=1S/C18H22N2O3/c1-4-23-10-20-16-14(13-8-11(2)7-12(3)9-13)5-6-15(16)17(21)19-18(20)22/h7-9,14H,4-6,10H2,1-3H3,(H,19,21,22). The van der Waals surface area contributed by atoms with Crippen molar-refractivity contribution >= 4 is 0 Å². The number of H-pyrrole nitrogens is 1. The van der Waals surface area contributed by atoms with Crippen molar-refractivity contribution < 1.29 is 4.74 Å². The van der Waals surface area contributed by atoms with E-state index >= 15 is 0 Å². The average Bonchev–Trinajstić information content (AvgIpc) is 2.91. The lowest BCUT2D eigenvalue weighted by Gasteiger charge is -2.18. The van der Waals surface area contributed by atoms with E-state index in [1.807, 2.05) is 6.92 Å². The van der Waals surface area contributed by atoms with Crippen LogP contribution >= 0.6 is 0 Å². The molecule has 0 bridgehead atoms. The number of fused-ring (bicyclic) bond motifs is 1. The smallest absolute Gasteiger partial charge is 0.330 e. The largest absolute Gasteiger partial charge is 0.361 e. The molecule has 1 aliphatic rings. The van der Waals surface area contributed by atoms with Crippen LogP contribution in [0, 0.1) is 13.8 Å². The van der Waals surface area contributed by atoms with Gasteiger partial charge in [-0.2, -0.15) is 0 Å². The molecule has 0 amide bonds. The van der Waals surface area contributed by atoms with Crippen molar-refractivity contribution in [3.05, 3.63) is 67.0 Å². The van der Waals surface area contributed by atoms with Crippen molar-refractivity contribution in [3.8, 4) is 0 Å². The highest BCUT2D eigenvalue weighted by molar-refractivity contribution is 5.40. The lowest BCUT2D eigenvalue weighted by Crippen LogP contribution is -2.35. The Balaban J connectivity index is 2.17. The molecule has 1 aromatic carbocycles. The molecule has 1 N–H and O–H groups in total. The van der Waals surface area contributed by atoms with E-state index in [9.17, 15) is 9.59 Å². The molecule has 1 atom stereocenters. The van der Waals surface area contributed by atoms with E-state index in [1.54, 1.807) is 4.57 Å². The van der Waals surface area contributed by atoms with E-state index in [0.29, 0.717) is 18.6 Å². The van der Waals surface area contributed by atoms with E-state index in [-0.39, 0.29) is 18.2 Å². The van der Waals surface area contributed by atoms with Gasteiger partial charge in [-0.15, -0.1) is 0 Å². The summed E-state index contributed by atoms with van der Waals surface area (Å²) in [5, 5.41) is 0. The highest BCUT2D eigenvalue weighted by atomic mass is 16.5. The zero-order valence-electron chi connectivity index (χ0n) is 13.8. The number of nitrogens with one attached hydrogen (secondary N) is 1. The van der Waals surface area contributed by atoms with Crippen LogP contribution in [-0.4, -0.2) is 16.2 Å². The number of nitrogens with zero attached hydrogens (tertiary/aromatic N) is 1. The van der Waals surface area contributed by atoms with Crippen molar-refractivity contribution in [2.45, 2.75) is 46.3 Å². The first-order valence-electron chi connectivity index (χ1n) is 8.03. The van der Waals surface area contributed by atoms with E-state index in [2.05, 4.69) is 37.0 Å². The summed E-state index contributed by atoms with van der Waals surface area (Å²) in [6, 6.07) is 6.41. The lowest BCUT2D eigenvalue weighted by molar-refractivity contribution is 0.0819. The third kappa shape index (κ3) is 2.88. The molecule has 2 aromatic rings. The van der Waals surface area contributed by atoms with Crippen LogP contribution in [0.2, 0.25) is 0 Å². The van der Waals surface area contributed by atoms with Gasteiger partial charge in [0.25, 0.3) is 5.56 Å². The van der Waals surface area contributed by atoms with Gasteiger partial charge < -0.3 is 4.74 Å². The molecule has 5 nitrogen and oxygen atoms in total. The van der Waals surface area contributed by atoms with Gasteiger partial charge in [-0.3, -0.25) is 14.3 Å². The van der Waals surface area contributed by atoms with Crippen LogP contribution in [-0.2, 0) is 17.9 Å². The third-order valence-corrected chi connectivity index (χ3v) is 4.42. The lowest BCUT2D eigenvalue weighted by atomic mass is 9.93. The Morgan fingerprint density at radius 3 is 2.57 bits per heavy atom. The maximum atomic E-state index is 12.2. The second-order valence-corrected chi connectivity index (χ2v) is 6.19. The Hall–Kier alpha value is -2.14. The Morgan fingerprint density at radius 2 is 1.91 bits per heavy atom. The number of ether oxygens (including phenoxy) is 1. The predicted molar refractivity (Wildman–Crippen MR) is 89.0 cm³/mol. The van der Waals surface area contributed by atoms with Gasteiger partial charge in [-0.05, 0) is 39.2 Å². The van der Waals surface area contributed by atoms with Gasteiger partial charge in [-0.25, -0.2) is 4.79 Å². The predicted octanol–water partition coefficient (Wildman–Crippen LogP) is 2.23. The maximum Gasteiger partial charge on any atom is 0.330 e. The highest BCUT2D eigenvalue weighted by Crippen LogP contribution is 2.36. The summed E-state index contributed by atoms with van der Waals surface area (Å²) < 4.78 is 7.02. The van der Waals surface area contributed by atoms with Crippen LogP contribution in [0.4, 0.5) is 0 Å². The van der Waals surface area contributed by atoms with Crippen molar-refractivity contribution in [1.82, 2.24) is 9.55 Å². The topological polar surface area (TPSA) is 64.1 Å². The molecule has 0 radical (unpaired) electrons. The normalized spacial score (nSPS) is 16.6. The minimum absolute atomic E-state index is 0.0686. The Kier molecular flexibility index (Phi) is 4.22. The molecule has 1 unspecified atom stereocenters. The monoisotopic (exact) mass is 314 g/mol. The summed E-state index contributed by atoms with van der Waals surface area (Å²) in [4.78, 5) is 26.8. The first kappa shape index (κ1) is 15.7. The number of rotatable bonds is 4. The average molecular weight is 314 g/mol. The van der Waals surface area contributed by atoms with Crippen molar-refractivity contribution in [2.75, 3.05) is 6.61 Å². The third-order valence-electron chi connectivity index (χ3n) is 4.42. The minimum Gasteiger partial charge on any atom is -0.361 e. The molecular weight excluding hydrogens is 292 g/mol. The van der Waals surface area contributed by atoms with Crippen molar-refractivity contribution in [1.29, 1.82) is 0 Å². The molecule has 0 aliphatic heterocycles. The van der Waals surface area contributed by atoms with E-state index < -0.39 is 5.69 Å². The van der Waals surface area contributed by atoms with Crippen LogP contribution in [0.5, 0.6) is 0 Å². The van der Waals surface area contributed by atoms with Crippen LogP contribution < -0.4 is 11.2 Å². The molecule has 1 aromatic heterocycles. The SMILES string of the molecule is CCOCn1c2c(c(=O)[nH]c1=O)CCC2c1cc(C)cc(C)c1. The van der Waals surface area contributed by atoms with Gasteiger partial charge in [0.05, 0.1) is 0 Å². The van der Waals surface area contributed by atoms with Gasteiger partial charge in [0.1, 0.15) is 6.73 Å². The Labute approximate surface area is 134 Å². The first-order valence-corrected chi connectivity index (χ1v) is 8.03. The number of aryl methyl sites for hydroxylation is 2. The van der Waals surface area contributed by atoms with Crippen LogP contribution in [0.1, 0.15) is 47.2 Å². The second-order valence-electron chi connectivity index (χ2n) is 6.19. The molecule has 1 heterocycles. The summed E-state index contributed by atoms with van der Waals surface area (Å²) in [5.41, 5.74) is 4.43. The van der Waals surface area contributed by atoms with Crippen molar-refractivity contribution in [2.24, 2.45) is 0 Å². The van der Waals surface area contributed by atoms with Gasteiger partial charge in [0, 0.05) is 23.8 Å². The summed E-state index contributed by atoms with van der Waals surface area (Å²) in [6.45, 7) is 6.72. The molecule has 1 aliphatic carbocycles. The van der Waals surface area contributed by atoms with Crippen molar-refractivity contribution in [3.63, 3.8) is 0 Å². The summed E-state index contributed by atoms with van der Waals surface area (Å²) in [6.07, 6.45) is 1.53. The van der Waals surface area contributed by atoms with Gasteiger partial charge in [0.15, 0.2) is 0 Å². The molecule has 5 heteroatoms. The molecule has 23 heavy (non-hydrogen) atoms. The fraction of sp³-hybridized carbons (Fsp3) is 0.444. The quantitative estimate of drug-likeness (QED) is 0.941. The molecule has 3 rings (SSSR count). The number of hydrogen-bond donors (Lipinski definition) is 1. The van der Waals surface area contributed by atoms with Gasteiger partial charge in [-0.1, -0.05) is 29.3 Å². The zero-order chi connectivity index (χ0) is 16.6. The first-order chi connectivity index (χ1) is 11.0. The summed E-state index contributed by atoms with van der Waals surface area (Å²) >= 11 is 0. The molecule has 122 valence electrons. The fourth-order valence-corrected chi connectivity index (χ4v) is 3.54. The number of aromatic amines is 1. The minimum atomic E-state index is -0.390. The van der Waals surface area contributed by atoms with Gasteiger partial charge >= 0.3 is 5.69 Å². The number of hydrogen-bond acceptors (Lipinski definition) is 3. The summed E-state index contributed by atoms with van der Waals surface area (Å²) in [5.74, 6) is 0.0686. The molecular formula is C18H22N2O3.